The number of rotatable bonds is 16. The number of para-hydroxylation sites is 3. The third-order valence-corrected chi connectivity index (χ3v) is 7.68. The van der Waals surface area contributed by atoms with Crippen molar-refractivity contribution >= 4 is 16.9 Å². The average molecular weight is 572 g/mol. The Morgan fingerprint density at radius 3 is 2.40 bits per heavy atom. The number of hydrogen-bond donors (Lipinski definition) is 1. The monoisotopic (exact) mass is 571 g/mol. The van der Waals surface area contributed by atoms with E-state index in [1.165, 1.54) is 16.6 Å². The van der Waals surface area contributed by atoms with Crippen molar-refractivity contribution in [3.8, 4) is 16.9 Å². The van der Waals surface area contributed by atoms with Crippen LogP contribution in [-0.2, 0) is 30.6 Å². The Kier molecular flexibility index (Phi) is 10.8. The number of aromatic nitrogens is 2. The lowest BCUT2D eigenvalue weighted by atomic mass is 10.0. The Balaban J connectivity index is 1.04. The van der Waals surface area contributed by atoms with Crippen LogP contribution in [0.15, 0.2) is 116 Å². The fourth-order valence-electron chi connectivity index (χ4n) is 5.45. The van der Waals surface area contributed by atoms with E-state index in [0.717, 1.165) is 73.3 Å². The summed E-state index contributed by atoms with van der Waals surface area (Å²) < 4.78 is 8.48. The van der Waals surface area contributed by atoms with E-state index >= 15 is 0 Å². The lowest BCUT2D eigenvalue weighted by Gasteiger charge is -2.12. The first kappa shape index (κ1) is 29.8. The minimum absolute atomic E-state index is 0.0728. The van der Waals surface area contributed by atoms with Crippen LogP contribution in [0.5, 0.6) is 5.75 Å². The van der Waals surface area contributed by atoms with Crippen molar-refractivity contribution in [3.05, 3.63) is 133 Å². The second-order valence-electron chi connectivity index (χ2n) is 10.9. The van der Waals surface area contributed by atoms with Crippen LogP contribution >= 0.6 is 0 Å². The van der Waals surface area contributed by atoms with E-state index < -0.39 is 0 Å². The Morgan fingerprint density at radius 2 is 1.56 bits per heavy atom. The van der Waals surface area contributed by atoms with Gasteiger partial charge in [-0.1, -0.05) is 97.4 Å². The normalized spacial score (nSPS) is 11.0. The minimum atomic E-state index is 0.0728. The van der Waals surface area contributed by atoms with Gasteiger partial charge < -0.3 is 14.6 Å². The molecule has 0 saturated carbocycles. The molecule has 5 aromatic rings. The van der Waals surface area contributed by atoms with Gasteiger partial charge in [0.05, 0.1) is 24.1 Å². The molecule has 1 N–H and O–H groups in total. The van der Waals surface area contributed by atoms with Crippen LogP contribution in [0.25, 0.3) is 22.2 Å². The van der Waals surface area contributed by atoms with Crippen LogP contribution in [0.1, 0.15) is 42.6 Å². The summed E-state index contributed by atoms with van der Waals surface area (Å²) in [6, 6.07) is 35.1. The van der Waals surface area contributed by atoms with Gasteiger partial charge in [0, 0.05) is 19.5 Å². The molecule has 4 aromatic carbocycles. The van der Waals surface area contributed by atoms with Gasteiger partial charge in [0.25, 0.3) is 0 Å². The van der Waals surface area contributed by atoms with Crippen LogP contribution in [-0.4, -0.2) is 28.6 Å². The molecule has 220 valence electrons. The smallest absolute Gasteiger partial charge is 0.224 e. The highest BCUT2D eigenvalue weighted by Crippen LogP contribution is 2.22. The first-order valence-electron chi connectivity index (χ1n) is 15.4. The van der Waals surface area contributed by atoms with E-state index in [0.29, 0.717) is 19.6 Å². The molecule has 0 bridgehead atoms. The molecule has 1 heterocycles. The van der Waals surface area contributed by atoms with E-state index in [1.54, 1.807) is 0 Å². The van der Waals surface area contributed by atoms with Gasteiger partial charge in [0.15, 0.2) is 0 Å². The summed E-state index contributed by atoms with van der Waals surface area (Å²) in [5.41, 5.74) is 6.76. The van der Waals surface area contributed by atoms with E-state index in [4.69, 9.17) is 9.72 Å². The van der Waals surface area contributed by atoms with E-state index in [9.17, 15) is 4.79 Å². The molecule has 0 spiro atoms. The van der Waals surface area contributed by atoms with Crippen LogP contribution in [0.3, 0.4) is 0 Å². The number of hydrogen-bond acceptors (Lipinski definition) is 3. The van der Waals surface area contributed by atoms with Gasteiger partial charge in [-0.3, -0.25) is 4.79 Å². The fourth-order valence-corrected chi connectivity index (χ4v) is 5.45. The van der Waals surface area contributed by atoms with Gasteiger partial charge in [0.2, 0.25) is 5.91 Å². The number of carbonyl (C=O) groups excluding carboxylic acids is 1. The topological polar surface area (TPSA) is 56.1 Å². The molecule has 0 saturated heterocycles. The second-order valence-corrected chi connectivity index (χ2v) is 10.9. The van der Waals surface area contributed by atoms with E-state index in [1.807, 2.05) is 60.7 Å². The molecule has 5 heteroatoms. The predicted molar refractivity (Wildman–Crippen MR) is 176 cm³/mol. The molecule has 0 unspecified atom stereocenters. The number of nitrogens with zero attached hydrogens (tertiary/aromatic N) is 2. The summed E-state index contributed by atoms with van der Waals surface area (Å²) in [7, 11) is 0. The Morgan fingerprint density at radius 1 is 0.814 bits per heavy atom. The lowest BCUT2D eigenvalue weighted by Crippen LogP contribution is -2.26. The summed E-state index contributed by atoms with van der Waals surface area (Å²) in [6.45, 7) is 6.07. The standard InChI is InChI=1S/C38H41N3O2/c1-2-14-33-17-8-11-20-36(33)43-28-13-27-41-35-19-10-9-18-34(35)40-37(41)21-7-4-12-26-39-38(42)29-30-22-24-32(25-23-30)31-15-5-3-6-16-31/h2-3,5-6,8-11,15-20,22-25H,1,4,7,12-14,21,26-29H2,(H,39,42). The summed E-state index contributed by atoms with van der Waals surface area (Å²) in [6.07, 6.45) is 7.96. The third kappa shape index (κ3) is 8.45. The number of carbonyl (C=O) groups is 1. The molecule has 0 aliphatic carbocycles. The van der Waals surface area contributed by atoms with E-state index in [-0.39, 0.29) is 5.91 Å². The number of aryl methyl sites for hydroxylation is 2. The Hall–Kier alpha value is -4.64. The molecule has 1 amide bonds. The van der Waals surface area contributed by atoms with Gasteiger partial charge in [0.1, 0.15) is 11.6 Å². The van der Waals surface area contributed by atoms with Crippen LogP contribution in [0.4, 0.5) is 0 Å². The minimum Gasteiger partial charge on any atom is -0.493 e. The zero-order chi connectivity index (χ0) is 29.7. The molecule has 0 aliphatic rings. The number of fused-ring (bicyclic) bond motifs is 1. The first-order chi connectivity index (χ1) is 21.2. The molecule has 43 heavy (non-hydrogen) atoms. The molecule has 0 atom stereocenters. The van der Waals surface area contributed by atoms with Crippen molar-refractivity contribution in [3.63, 3.8) is 0 Å². The molecule has 5 nitrogen and oxygen atoms in total. The Bertz CT molecular complexity index is 1610. The molecule has 0 fully saturated rings. The molecule has 0 radical (unpaired) electrons. The first-order valence-corrected chi connectivity index (χ1v) is 15.4. The van der Waals surface area contributed by atoms with Gasteiger partial charge in [-0.25, -0.2) is 4.98 Å². The van der Waals surface area contributed by atoms with Gasteiger partial charge in [-0.15, -0.1) is 6.58 Å². The summed E-state index contributed by atoms with van der Waals surface area (Å²) in [5, 5.41) is 3.09. The van der Waals surface area contributed by atoms with Crippen molar-refractivity contribution in [2.24, 2.45) is 0 Å². The largest absolute Gasteiger partial charge is 0.493 e. The highest BCUT2D eigenvalue weighted by atomic mass is 16.5. The molecule has 5 rings (SSSR count). The summed E-state index contributed by atoms with van der Waals surface area (Å²) >= 11 is 0. The SMILES string of the molecule is C=CCc1ccccc1OCCCn1c(CCCCCNC(=O)Cc2ccc(-c3ccccc3)cc2)nc2ccccc21. The van der Waals surface area contributed by atoms with E-state index in [2.05, 4.69) is 65.0 Å². The molecule has 0 aliphatic heterocycles. The maximum absolute atomic E-state index is 12.5. The highest BCUT2D eigenvalue weighted by molar-refractivity contribution is 5.79. The summed E-state index contributed by atoms with van der Waals surface area (Å²) in [5.74, 6) is 2.13. The predicted octanol–water partition coefficient (Wildman–Crippen LogP) is 7.97. The number of benzene rings is 4. The molecule has 1 aromatic heterocycles. The lowest BCUT2D eigenvalue weighted by molar-refractivity contribution is -0.120. The number of amides is 1. The van der Waals surface area contributed by atoms with Crippen molar-refractivity contribution in [1.29, 1.82) is 0 Å². The fraction of sp³-hybridized carbons (Fsp3) is 0.263. The molecular formula is C38H41N3O2. The zero-order valence-electron chi connectivity index (χ0n) is 24.9. The van der Waals surface area contributed by atoms with Crippen molar-refractivity contribution < 1.29 is 9.53 Å². The van der Waals surface area contributed by atoms with Crippen molar-refractivity contribution in [1.82, 2.24) is 14.9 Å². The van der Waals surface area contributed by atoms with Gasteiger partial charge in [-0.05, 0) is 66.1 Å². The van der Waals surface area contributed by atoms with Crippen molar-refractivity contribution in [2.45, 2.75) is 51.5 Å². The number of unbranched alkanes of at least 4 members (excludes halogenated alkanes) is 2. The zero-order valence-corrected chi connectivity index (χ0v) is 24.9. The highest BCUT2D eigenvalue weighted by Gasteiger charge is 2.11. The number of nitrogens with one attached hydrogen (secondary N) is 1. The quantitative estimate of drug-likeness (QED) is 0.0965. The maximum atomic E-state index is 12.5. The maximum Gasteiger partial charge on any atom is 0.224 e. The summed E-state index contributed by atoms with van der Waals surface area (Å²) in [4.78, 5) is 17.4. The van der Waals surface area contributed by atoms with Gasteiger partial charge in [-0.2, -0.15) is 0 Å². The van der Waals surface area contributed by atoms with Crippen LogP contribution in [0, 0.1) is 0 Å². The average Bonchev–Trinajstić information content (AvgIpc) is 3.39. The van der Waals surface area contributed by atoms with Crippen molar-refractivity contribution in [2.75, 3.05) is 13.2 Å². The second kappa shape index (κ2) is 15.5. The molecular weight excluding hydrogens is 530 g/mol. The van der Waals surface area contributed by atoms with Crippen LogP contribution in [0.2, 0.25) is 0 Å². The number of ether oxygens (including phenoxy) is 1. The third-order valence-electron chi connectivity index (χ3n) is 7.68. The Labute approximate surface area is 255 Å². The van der Waals surface area contributed by atoms with Gasteiger partial charge >= 0.3 is 0 Å². The number of allylic oxidation sites excluding steroid dienone is 1. The number of imidazole rings is 1. The van der Waals surface area contributed by atoms with Crippen LogP contribution < -0.4 is 10.1 Å².